The Hall–Kier alpha value is -2.82. The lowest BCUT2D eigenvalue weighted by atomic mass is 10.0. The van der Waals surface area contributed by atoms with Crippen molar-refractivity contribution in [1.82, 2.24) is 10.2 Å². The molecule has 2 aromatic rings. The minimum absolute atomic E-state index is 0.0174. The quantitative estimate of drug-likeness (QED) is 0.560. The van der Waals surface area contributed by atoms with Crippen molar-refractivity contribution in [2.24, 2.45) is 0 Å². The molecule has 3 heterocycles. The number of carboxylic acids is 1. The lowest BCUT2D eigenvalue weighted by Gasteiger charge is -2.52. The molecule has 1 saturated heterocycles. The average molecular weight is 506 g/mol. The van der Waals surface area contributed by atoms with Gasteiger partial charge in [-0.05, 0) is 40.8 Å². The van der Waals surface area contributed by atoms with Gasteiger partial charge in [0.25, 0.3) is 5.91 Å². The van der Waals surface area contributed by atoms with Crippen LogP contribution in [0.25, 0.3) is 0 Å². The molecule has 0 aliphatic carbocycles. The molecule has 33 heavy (non-hydrogen) atoms. The maximum absolute atomic E-state index is 13.0. The van der Waals surface area contributed by atoms with E-state index in [1.165, 1.54) is 39.8 Å². The molecule has 3 amide bonds. The number of carbonyl (C=O) groups excluding carboxylic acids is 3. The van der Waals surface area contributed by atoms with Crippen LogP contribution in [0.4, 0.5) is 5.00 Å². The van der Waals surface area contributed by atoms with E-state index in [1.807, 2.05) is 5.38 Å². The number of halogens is 1. The van der Waals surface area contributed by atoms with Crippen molar-refractivity contribution in [2.45, 2.75) is 24.8 Å². The van der Waals surface area contributed by atoms with E-state index in [2.05, 4.69) is 5.32 Å². The van der Waals surface area contributed by atoms with Gasteiger partial charge in [-0.2, -0.15) is 0 Å². The van der Waals surface area contributed by atoms with Crippen LogP contribution < -0.4 is 10.2 Å². The van der Waals surface area contributed by atoms with Crippen LogP contribution >= 0.6 is 34.7 Å². The first-order chi connectivity index (χ1) is 15.8. The molecule has 11 heteroatoms. The van der Waals surface area contributed by atoms with Crippen LogP contribution in [-0.2, 0) is 25.6 Å². The van der Waals surface area contributed by atoms with Crippen LogP contribution in [0.3, 0.4) is 0 Å². The van der Waals surface area contributed by atoms with Gasteiger partial charge in [0.15, 0.2) is 0 Å². The highest BCUT2D eigenvalue weighted by Crippen LogP contribution is 2.44. The Labute approximate surface area is 203 Å². The van der Waals surface area contributed by atoms with E-state index in [9.17, 15) is 24.3 Å². The number of nitrogens with one attached hydrogen (secondary N) is 1. The van der Waals surface area contributed by atoms with Gasteiger partial charge in [0.05, 0.1) is 11.4 Å². The average Bonchev–Trinajstić information content (AvgIpc) is 3.30. The molecule has 1 aromatic heterocycles. The summed E-state index contributed by atoms with van der Waals surface area (Å²) in [6, 6.07) is 9.67. The molecule has 2 atom stereocenters. The number of anilines is 1. The number of carboxylic acid groups (broad SMARTS) is 1. The first kappa shape index (κ1) is 23.3. The second-order valence-electron chi connectivity index (χ2n) is 7.53. The third kappa shape index (κ3) is 4.64. The molecule has 0 radical (unpaired) electrons. The number of aliphatic carboxylic acids is 1. The maximum Gasteiger partial charge on any atom is 0.352 e. The summed E-state index contributed by atoms with van der Waals surface area (Å²) in [7, 11) is 0. The Morgan fingerprint density at radius 3 is 2.58 bits per heavy atom. The number of hydrogen-bond donors (Lipinski definition) is 2. The zero-order valence-electron chi connectivity index (χ0n) is 17.5. The molecule has 1 unspecified atom stereocenters. The van der Waals surface area contributed by atoms with Gasteiger partial charge in [-0.15, -0.1) is 23.1 Å². The van der Waals surface area contributed by atoms with E-state index in [1.54, 1.807) is 36.4 Å². The Bertz CT molecular complexity index is 1130. The number of amides is 3. The molecule has 0 spiro atoms. The van der Waals surface area contributed by atoms with E-state index in [4.69, 9.17) is 11.6 Å². The SMILES string of the molecule is CC(=O)N(c1cccs1)C1C(=O)N2C(C(=O)O)=C(CNC(=O)Cc3ccc(Cl)cc3)CS[C@@H]12. The van der Waals surface area contributed by atoms with E-state index >= 15 is 0 Å². The Morgan fingerprint density at radius 1 is 1.24 bits per heavy atom. The van der Waals surface area contributed by atoms with E-state index in [-0.39, 0.29) is 30.5 Å². The number of benzene rings is 1. The van der Waals surface area contributed by atoms with Crippen molar-refractivity contribution in [1.29, 1.82) is 0 Å². The fourth-order valence-electron chi connectivity index (χ4n) is 3.85. The lowest BCUT2D eigenvalue weighted by Crippen LogP contribution is -2.71. The van der Waals surface area contributed by atoms with E-state index in [0.29, 0.717) is 21.3 Å². The molecule has 8 nitrogen and oxygen atoms in total. The van der Waals surface area contributed by atoms with Gasteiger partial charge in [0.1, 0.15) is 17.1 Å². The minimum Gasteiger partial charge on any atom is -0.477 e. The smallest absolute Gasteiger partial charge is 0.352 e. The Balaban J connectivity index is 1.48. The number of thioether (sulfide) groups is 1. The number of carbonyl (C=O) groups is 4. The van der Waals surface area contributed by atoms with Crippen LogP contribution in [0.2, 0.25) is 5.02 Å². The molecule has 1 aromatic carbocycles. The Kier molecular flexibility index (Phi) is 6.78. The largest absolute Gasteiger partial charge is 0.477 e. The second kappa shape index (κ2) is 9.58. The van der Waals surface area contributed by atoms with Gasteiger partial charge in [-0.1, -0.05) is 23.7 Å². The zero-order chi connectivity index (χ0) is 23.7. The van der Waals surface area contributed by atoms with E-state index in [0.717, 1.165) is 5.56 Å². The number of rotatable bonds is 7. The molecule has 2 N–H and O–H groups in total. The van der Waals surface area contributed by atoms with Crippen LogP contribution in [0.5, 0.6) is 0 Å². The molecule has 0 saturated carbocycles. The van der Waals surface area contributed by atoms with Crippen molar-refractivity contribution in [2.75, 3.05) is 17.2 Å². The predicted molar refractivity (Wildman–Crippen MR) is 127 cm³/mol. The molecule has 172 valence electrons. The normalized spacial score (nSPS) is 19.6. The molecule has 2 aliphatic heterocycles. The van der Waals surface area contributed by atoms with Gasteiger partial charge in [-0.25, -0.2) is 4.79 Å². The first-order valence-corrected chi connectivity index (χ1v) is 12.3. The van der Waals surface area contributed by atoms with Crippen LogP contribution in [0.1, 0.15) is 12.5 Å². The summed E-state index contributed by atoms with van der Waals surface area (Å²) in [6.07, 6.45) is 0.127. The summed E-state index contributed by atoms with van der Waals surface area (Å²) in [6.45, 7) is 1.41. The van der Waals surface area contributed by atoms with Crippen LogP contribution in [0.15, 0.2) is 53.0 Å². The van der Waals surface area contributed by atoms with Gasteiger partial charge in [-0.3, -0.25) is 24.2 Å². The number of fused-ring (bicyclic) bond motifs is 1. The standard InChI is InChI=1S/C22H20ClN3O5S2/c1-12(27)25(17-3-2-8-32-17)19-20(29)26-18(22(30)31)14(11-33-21(19)26)10-24-16(28)9-13-4-6-15(23)7-5-13/h2-8,19,21H,9-11H2,1H3,(H,24,28)(H,30,31)/t19?,21-/m0/s1. The highest BCUT2D eigenvalue weighted by atomic mass is 35.5. The zero-order valence-corrected chi connectivity index (χ0v) is 19.9. The molecule has 1 fully saturated rings. The number of nitrogens with zero attached hydrogens (tertiary/aromatic N) is 2. The fourth-order valence-corrected chi connectivity index (χ4v) is 6.18. The summed E-state index contributed by atoms with van der Waals surface area (Å²) in [5, 5.41) is 15.1. The number of β-lactam (4-membered cyclic amide) rings is 1. The second-order valence-corrected chi connectivity index (χ2v) is 10.00. The van der Waals surface area contributed by atoms with Crippen LogP contribution in [0, 0.1) is 0 Å². The summed E-state index contributed by atoms with van der Waals surface area (Å²) < 4.78 is 0. The highest BCUT2D eigenvalue weighted by Gasteiger charge is 2.57. The fraction of sp³-hybridized carbons (Fsp3) is 0.273. The Morgan fingerprint density at radius 2 is 1.97 bits per heavy atom. The lowest BCUT2D eigenvalue weighted by molar-refractivity contribution is -0.149. The van der Waals surface area contributed by atoms with Crippen molar-refractivity contribution in [3.63, 3.8) is 0 Å². The topological polar surface area (TPSA) is 107 Å². The maximum atomic E-state index is 13.0. The number of thiophene rings is 1. The van der Waals surface area contributed by atoms with E-state index < -0.39 is 23.3 Å². The van der Waals surface area contributed by atoms with Crippen molar-refractivity contribution in [3.05, 3.63) is 63.6 Å². The molecule has 2 aliphatic rings. The molecular formula is C22H20ClN3O5S2. The third-order valence-electron chi connectivity index (χ3n) is 5.36. The summed E-state index contributed by atoms with van der Waals surface area (Å²) in [5.74, 6) is -1.91. The minimum atomic E-state index is -1.24. The first-order valence-electron chi connectivity index (χ1n) is 10.0. The van der Waals surface area contributed by atoms with Gasteiger partial charge in [0.2, 0.25) is 11.8 Å². The summed E-state index contributed by atoms with van der Waals surface area (Å²) in [4.78, 5) is 52.4. The van der Waals surface area contributed by atoms with Crippen molar-refractivity contribution >= 4 is 63.4 Å². The van der Waals surface area contributed by atoms with Crippen molar-refractivity contribution < 1.29 is 24.3 Å². The molecule has 0 bridgehead atoms. The molecular weight excluding hydrogens is 486 g/mol. The number of hydrogen-bond acceptors (Lipinski definition) is 6. The highest BCUT2D eigenvalue weighted by molar-refractivity contribution is 8.00. The summed E-state index contributed by atoms with van der Waals surface area (Å²) in [5.41, 5.74) is 1.10. The predicted octanol–water partition coefficient (Wildman–Crippen LogP) is 2.74. The third-order valence-corrected chi connectivity index (χ3v) is 7.80. The van der Waals surface area contributed by atoms with Crippen LogP contribution in [-0.4, -0.2) is 57.4 Å². The van der Waals surface area contributed by atoms with Gasteiger partial charge < -0.3 is 10.4 Å². The van der Waals surface area contributed by atoms with Gasteiger partial charge >= 0.3 is 5.97 Å². The monoisotopic (exact) mass is 505 g/mol. The van der Waals surface area contributed by atoms with Gasteiger partial charge in [0, 0.05) is 24.2 Å². The van der Waals surface area contributed by atoms with Crippen molar-refractivity contribution in [3.8, 4) is 0 Å². The molecule has 4 rings (SSSR count). The summed E-state index contributed by atoms with van der Waals surface area (Å²) >= 11 is 8.58.